The number of nitrogens with one attached hydrogen (secondary N) is 2. The number of rotatable bonds is 9. The lowest BCUT2D eigenvalue weighted by Crippen LogP contribution is -2.32. The molecule has 1 heterocycles. The van der Waals surface area contributed by atoms with Gasteiger partial charge in [0.25, 0.3) is 0 Å². The van der Waals surface area contributed by atoms with Crippen molar-refractivity contribution in [1.29, 1.82) is 5.26 Å². The molecule has 150 valence electrons. The van der Waals surface area contributed by atoms with E-state index in [2.05, 4.69) is 16.7 Å². The Morgan fingerprint density at radius 1 is 1.46 bits per heavy atom. The van der Waals surface area contributed by atoms with Crippen LogP contribution in [0.25, 0.3) is 0 Å². The summed E-state index contributed by atoms with van der Waals surface area (Å²) in [6.07, 6.45) is 0.856. The van der Waals surface area contributed by atoms with Crippen LogP contribution in [0.1, 0.15) is 24.3 Å². The maximum Gasteiger partial charge on any atom is 0.230 e. The predicted octanol–water partition coefficient (Wildman–Crippen LogP) is 2.57. The number of nitrogens with zero attached hydrogens (tertiary/aromatic N) is 1. The van der Waals surface area contributed by atoms with E-state index in [1.165, 1.54) is 7.11 Å². The van der Waals surface area contributed by atoms with Crippen molar-refractivity contribution in [3.05, 3.63) is 39.4 Å². The van der Waals surface area contributed by atoms with Gasteiger partial charge in [0.1, 0.15) is 5.75 Å². The van der Waals surface area contributed by atoms with Gasteiger partial charge in [0.05, 0.1) is 34.6 Å². The second-order valence-electron chi connectivity index (χ2n) is 6.04. The molecule has 0 aliphatic carbocycles. The fraction of sp³-hybridized carbons (Fsp3) is 0.421. The second kappa shape index (κ2) is 11.0. The molecule has 0 spiro atoms. The monoisotopic (exact) mass is 423 g/mol. The van der Waals surface area contributed by atoms with Crippen molar-refractivity contribution < 1.29 is 19.1 Å². The molecule has 0 saturated heterocycles. The standard InChI is InChI=1S/C19H22ClN3O4S/c1-26-7-3-6-22-18(25)11-28-19-14(10-21)13(9-17(24)23-19)12-4-5-16(27-2)15(20)8-12/h4-5,8,13H,3,6-7,9,11H2,1-2H3,(H,22,25)(H,23,24)/t13-/m1/s1. The highest BCUT2D eigenvalue weighted by molar-refractivity contribution is 8.03. The third kappa shape index (κ3) is 5.89. The van der Waals surface area contributed by atoms with Crippen molar-refractivity contribution in [1.82, 2.24) is 10.6 Å². The fourth-order valence-electron chi connectivity index (χ4n) is 2.75. The number of hydrogen-bond donors (Lipinski definition) is 2. The first-order valence-electron chi connectivity index (χ1n) is 8.66. The van der Waals surface area contributed by atoms with Gasteiger partial charge < -0.3 is 20.1 Å². The van der Waals surface area contributed by atoms with E-state index >= 15 is 0 Å². The minimum atomic E-state index is -0.422. The molecule has 2 N–H and O–H groups in total. The quantitative estimate of drug-likeness (QED) is 0.592. The van der Waals surface area contributed by atoms with E-state index in [0.29, 0.717) is 34.5 Å². The molecule has 1 atom stereocenters. The normalized spacial score (nSPS) is 16.4. The van der Waals surface area contributed by atoms with Crippen LogP contribution >= 0.6 is 23.4 Å². The predicted molar refractivity (Wildman–Crippen MR) is 108 cm³/mol. The number of carbonyl (C=O) groups is 2. The Hall–Kier alpha value is -2.21. The largest absolute Gasteiger partial charge is 0.495 e. The fourth-order valence-corrected chi connectivity index (χ4v) is 3.92. The summed E-state index contributed by atoms with van der Waals surface area (Å²) in [6, 6.07) is 7.37. The van der Waals surface area contributed by atoms with Crippen LogP contribution in [0.5, 0.6) is 5.75 Å². The number of ether oxygens (including phenoxy) is 2. The number of halogens is 1. The molecule has 1 aliphatic heterocycles. The zero-order chi connectivity index (χ0) is 20.5. The number of carbonyl (C=O) groups excluding carboxylic acids is 2. The minimum Gasteiger partial charge on any atom is -0.495 e. The smallest absolute Gasteiger partial charge is 0.230 e. The van der Waals surface area contributed by atoms with Gasteiger partial charge in [-0.25, -0.2) is 0 Å². The van der Waals surface area contributed by atoms with Crippen molar-refractivity contribution in [2.24, 2.45) is 0 Å². The molecule has 1 aliphatic rings. The third-order valence-corrected chi connectivity index (χ3v) is 5.44. The van der Waals surface area contributed by atoms with Crippen molar-refractivity contribution in [3.8, 4) is 11.8 Å². The molecule has 9 heteroatoms. The number of thioether (sulfide) groups is 1. The SMILES string of the molecule is COCCCNC(=O)CSC1=C(C#N)[C@@H](c2ccc(OC)c(Cl)c2)CC(=O)N1. The van der Waals surface area contributed by atoms with Crippen molar-refractivity contribution >= 4 is 35.2 Å². The zero-order valence-electron chi connectivity index (χ0n) is 15.7. The summed E-state index contributed by atoms with van der Waals surface area (Å²) in [4.78, 5) is 24.1. The van der Waals surface area contributed by atoms with Gasteiger partial charge in [-0.05, 0) is 24.1 Å². The Bertz CT molecular complexity index is 807. The second-order valence-corrected chi connectivity index (χ2v) is 7.43. The van der Waals surface area contributed by atoms with Crippen molar-refractivity contribution in [2.45, 2.75) is 18.8 Å². The molecule has 7 nitrogen and oxygen atoms in total. The van der Waals surface area contributed by atoms with Crippen LogP contribution in [0.4, 0.5) is 0 Å². The Kier molecular flexibility index (Phi) is 8.64. The molecule has 2 rings (SSSR count). The summed E-state index contributed by atoms with van der Waals surface area (Å²) >= 11 is 7.33. The summed E-state index contributed by atoms with van der Waals surface area (Å²) in [5, 5.41) is 16.0. The van der Waals surface area contributed by atoms with E-state index < -0.39 is 5.92 Å². The Morgan fingerprint density at radius 2 is 2.25 bits per heavy atom. The maximum absolute atomic E-state index is 12.2. The highest BCUT2D eigenvalue weighted by Crippen LogP contribution is 2.38. The molecule has 0 radical (unpaired) electrons. The molecule has 28 heavy (non-hydrogen) atoms. The lowest BCUT2D eigenvalue weighted by Gasteiger charge is -2.25. The molecule has 0 saturated carbocycles. The van der Waals surface area contributed by atoms with E-state index in [1.54, 1.807) is 25.3 Å². The van der Waals surface area contributed by atoms with Crippen molar-refractivity contribution in [2.75, 3.05) is 33.1 Å². The van der Waals surface area contributed by atoms with Gasteiger partial charge in [0.15, 0.2) is 0 Å². The number of nitriles is 1. The molecule has 1 aromatic rings. The molecule has 0 bridgehead atoms. The van der Waals surface area contributed by atoms with E-state index in [1.807, 2.05) is 0 Å². The molecular weight excluding hydrogens is 402 g/mol. The minimum absolute atomic E-state index is 0.101. The Morgan fingerprint density at radius 3 is 2.89 bits per heavy atom. The first kappa shape index (κ1) is 22.1. The zero-order valence-corrected chi connectivity index (χ0v) is 17.3. The number of methoxy groups -OCH3 is 2. The van der Waals surface area contributed by atoms with Gasteiger partial charge in [-0.15, -0.1) is 0 Å². The number of benzene rings is 1. The third-order valence-electron chi connectivity index (χ3n) is 4.13. The van der Waals surface area contributed by atoms with Crippen LogP contribution < -0.4 is 15.4 Å². The maximum atomic E-state index is 12.2. The van der Waals surface area contributed by atoms with Crippen LogP contribution in [0.2, 0.25) is 5.02 Å². The molecule has 0 fully saturated rings. The van der Waals surface area contributed by atoms with Crippen LogP contribution in [-0.4, -0.2) is 44.9 Å². The Labute approximate surface area is 173 Å². The number of amides is 2. The van der Waals surface area contributed by atoms with Gasteiger partial charge in [-0.3, -0.25) is 9.59 Å². The highest BCUT2D eigenvalue weighted by atomic mass is 35.5. The average molecular weight is 424 g/mol. The van der Waals surface area contributed by atoms with E-state index in [-0.39, 0.29) is 24.0 Å². The molecule has 0 unspecified atom stereocenters. The summed E-state index contributed by atoms with van der Waals surface area (Å²) in [7, 11) is 3.12. The number of hydrogen-bond acceptors (Lipinski definition) is 6. The lowest BCUT2D eigenvalue weighted by molar-refractivity contribution is -0.121. The van der Waals surface area contributed by atoms with E-state index in [9.17, 15) is 14.9 Å². The van der Waals surface area contributed by atoms with Gasteiger partial charge in [0.2, 0.25) is 11.8 Å². The van der Waals surface area contributed by atoms with Crippen LogP contribution in [0, 0.1) is 11.3 Å². The summed E-state index contributed by atoms with van der Waals surface area (Å²) in [5.41, 5.74) is 1.16. The molecular formula is C19H22ClN3O4S. The summed E-state index contributed by atoms with van der Waals surface area (Å²) < 4.78 is 10.1. The van der Waals surface area contributed by atoms with E-state index in [4.69, 9.17) is 21.1 Å². The Balaban J connectivity index is 2.13. The molecule has 0 aromatic heterocycles. The van der Waals surface area contributed by atoms with Crippen LogP contribution in [0.3, 0.4) is 0 Å². The van der Waals surface area contributed by atoms with Gasteiger partial charge >= 0.3 is 0 Å². The summed E-state index contributed by atoms with van der Waals surface area (Å²) in [5.74, 6) is -0.180. The van der Waals surface area contributed by atoms with Crippen molar-refractivity contribution in [3.63, 3.8) is 0 Å². The van der Waals surface area contributed by atoms with Gasteiger partial charge in [0, 0.05) is 32.6 Å². The number of allylic oxidation sites excluding steroid dienone is 1. The van der Waals surface area contributed by atoms with Crippen LogP contribution in [0.15, 0.2) is 28.8 Å². The molecule has 2 amide bonds. The first-order chi connectivity index (χ1) is 13.5. The first-order valence-corrected chi connectivity index (χ1v) is 10.0. The summed E-state index contributed by atoms with van der Waals surface area (Å²) in [6.45, 7) is 1.08. The average Bonchev–Trinajstić information content (AvgIpc) is 2.69. The highest BCUT2D eigenvalue weighted by Gasteiger charge is 2.30. The molecule has 1 aromatic carbocycles. The van der Waals surface area contributed by atoms with Gasteiger partial charge in [-0.2, -0.15) is 5.26 Å². The van der Waals surface area contributed by atoms with E-state index in [0.717, 1.165) is 23.7 Å². The topological polar surface area (TPSA) is 100 Å². The van der Waals surface area contributed by atoms with Gasteiger partial charge in [-0.1, -0.05) is 29.4 Å². The van der Waals surface area contributed by atoms with Crippen LogP contribution in [-0.2, 0) is 14.3 Å². The lowest BCUT2D eigenvalue weighted by atomic mass is 9.87.